The molecule has 0 unspecified atom stereocenters. The molecule has 170 valence electrons. The zero-order valence-corrected chi connectivity index (χ0v) is 19.6. The summed E-state index contributed by atoms with van der Waals surface area (Å²) in [6.07, 6.45) is 1.64. The van der Waals surface area contributed by atoms with Crippen molar-refractivity contribution in [2.24, 2.45) is 0 Å². The number of carbonyl (C=O) groups is 1. The van der Waals surface area contributed by atoms with E-state index < -0.39 is 0 Å². The van der Waals surface area contributed by atoms with Crippen LogP contribution in [0.2, 0.25) is 0 Å². The number of hydrogen-bond donors (Lipinski definition) is 0. The second kappa shape index (κ2) is 9.49. The molecule has 1 heterocycles. The summed E-state index contributed by atoms with van der Waals surface area (Å²) in [5.41, 5.74) is 6.06. The molecule has 0 aliphatic heterocycles. The third kappa shape index (κ3) is 4.77. The molecule has 0 aliphatic rings. The van der Waals surface area contributed by atoms with E-state index in [4.69, 9.17) is 4.74 Å². The van der Waals surface area contributed by atoms with Crippen LogP contribution in [-0.2, 0) is 6.54 Å². The van der Waals surface area contributed by atoms with Crippen LogP contribution in [0, 0.1) is 19.7 Å². The number of benzene rings is 3. The van der Waals surface area contributed by atoms with E-state index in [1.54, 1.807) is 17.0 Å². The van der Waals surface area contributed by atoms with Gasteiger partial charge in [0.15, 0.2) is 0 Å². The molecule has 0 fully saturated rings. The lowest BCUT2D eigenvalue weighted by Gasteiger charge is -2.20. The van der Waals surface area contributed by atoms with Crippen molar-refractivity contribution in [1.29, 1.82) is 0 Å². The zero-order chi connectivity index (χ0) is 23.5. The van der Waals surface area contributed by atoms with E-state index in [1.165, 1.54) is 6.07 Å². The summed E-state index contributed by atoms with van der Waals surface area (Å²) in [5.74, 6) is 0.290. The van der Waals surface area contributed by atoms with Gasteiger partial charge in [-0.1, -0.05) is 41.5 Å². The molecular formula is C28H29FN2O2. The summed E-state index contributed by atoms with van der Waals surface area (Å²) < 4.78 is 21.7. The Morgan fingerprint density at radius 3 is 2.36 bits per heavy atom. The van der Waals surface area contributed by atoms with Crippen LogP contribution >= 0.6 is 0 Å². The molecule has 4 nitrogen and oxygen atoms in total. The maximum Gasteiger partial charge on any atom is 0.415 e. The first-order chi connectivity index (χ1) is 15.9. The zero-order valence-electron chi connectivity index (χ0n) is 19.6. The van der Waals surface area contributed by atoms with E-state index in [-0.39, 0.29) is 11.9 Å². The second-order valence-electron chi connectivity index (χ2n) is 8.36. The van der Waals surface area contributed by atoms with Crippen LogP contribution in [-0.4, -0.2) is 28.6 Å². The van der Waals surface area contributed by atoms with Gasteiger partial charge in [-0.2, -0.15) is 0 Å². The fraction of sp³-hybridized carbons (Fsp3) is 0.250. The quantitative estimate of drug-likeness (QED) is 0.322. The molecule has 4 rings (SSSR count). The van der Waals surface area contributed by atoms with Crippen molar-refractivity contribution in [3.63, 3.8) is 0 Å². The minimum absolute atomic E-state index is 0.245. The smallest absolute Gasteiger partial charge is 0.410 e. The molecule has 4 aromatic rings. The number of ether oxygens (including phenoxy) is 1. The maximum atomic E-state index is 13.7. The van der Waals surface area contributed by atoms with Crippen molar-refractivity contribution in [3.8, 4) is 16.9 Å². The van der Waals surface area contributed by atoms with E-state index in [0.717, 1.165) is 38.7 Å². The molecule has 5 heteroatoms. The second-order valence-corrected chi connectivity index (χ2v) is 8.36. The Balaban J connectivity index is 1.84. The molecule has 0 aliphatic carbocycles. The average Bonchev–Trinajstić information content (AvgIpc) is 3.16. The normalized spacial score (nSPS) is 11.1. The fourth-order valence-electron chi connectivity index (χ4n) is 4.36. The van der Waals surface area contributed by atoms with Gasteiger partial charge in [0.05, 0.1) is 0 Å². The van der Waals surface area contributed by atoms with Crippen LogP contribution < -0.4 is 4.74 Å². The number of amides is 1. The summed E-state index contributed by atoms with van der Waals surface area (Å²) in [4.78, 5) is 14.4. The molecule has 1 aromatic heterocycles. The minimum Gasteiger partial charge on any atom is -0.410 e. The van der Waals surface area contributed by atoms with Crippen LogP contribution in [0.1, 0.15) is 30.5 Å². The largest absolute Gasteiger partial charge is 0.415 e. The third-order valence-corrected chi connectivity index (χ3v) is 5.89. The summed E-state index contributed by atoms with van der Waals surface area (Å²) in [5, 5.41) is 0.987. The van der Waals surface area contributed by atoms with Crippen molar-refractivity contribution in [3.05, 3.63) is 89.4 Å². The van der Waals surface area contributed by atoms with Crippen LogP contribution in [0.4, 0.5) is 9.18 Å². The Labute approximate surface area is 194 Å². The lowest BCUT2D eigenvalue weighted by molar-refractivity contribution is 0.157. The lowest BCUT2D eigenvalue weighted by atomic mass is 9.97. The van der Waals surface area contributed by atoms with Gasteiger partial charge in [0.2, 0.25) is 0 Å². The maximum absolute atomic E-state index is 13.7. The van der Waals surface area contributed by atoms with Gasteiger partial charge in [-0.25, -0.2) is 9.18 Å². The van der Waals surface area contributed by atoms with Gasteiger partial charge in [-0.15, -0.1) is 0 Å². The topological polar surface area (TPSA) is 34.5 Å². The molecule has 3 aromatic carbocycles. The van der Waals surface area contributed by atoms with Gasteiger partial charge in [0.1, 0.15) is 11.6 Å². The number of halogens is 1. The molecule has 0 bridgehead atoms. The van der Waals surface area contributed by atoms with Crippen molar-refractivity contribution >= 4 is 17.0 Å². The average molecular weight is 445 g/mol. The molecular weight excluding hydrogens is 415 g/mol. The van der Waals surface area contributed by atoms with Gasteiger partial charge in [-0.3, -0.25) is 0 Å². The standard InChI is InChI=1S/C28H29FN2O2/c1-5-30(6-2)28(32)33-26-11-10-25-24(27(26)22-15-19(3)14-20(4)16-22)12-13-31(25)18-21-8-7-9-23(29)17-21/h7-17H,5-6,18H2,1-4H3. The molecule has 33 heavy (non-hydrogen) atoms. The molecule has 1 amide bonds. The van der Waals surface area contributed by atoms with E-state index in [9.17, 15) is 9.18 Å². The van der Waals surface area contributed by atoms with E-state index in [1.807, 2.05) is 44.3 Å². The Morgan fingerprint density at radius 1 is 0.970 bits per heavy atom. The number of rotatable bonds is 6. The van der Waals surface area contributed by atoms with Crippen molar-refractivity contribution in [2.75, 3.05) is 13.1 Å². The highest BCUT2D eigenvalue weighted by Gasteiger charge is 2.19. The molecule has 0 saturated carbocycles. The number of hydrogen-bond acceptors (Lipinski definition) is 2. The van der Waals surface area contributed by atoms with Gasteiger partial charge >= 0.3 is 6.09 Å². The third-order valence-electron chi connectivity index (χ3n) is 5.89. The van der Waals surface area contributed by atoms with Crippen molar-refractivity contribution in [1.82, 2.24) is 9.47 Å². The molecule has 0 saturated heterocycles. The Kier molecular flexibility index (Phi) is 6.50. The highest BCUT2D eigenvalue weighted by atomic mass is 19.1. The van der Waals surface area contributed by atoms with Crippen LogP contribution in [0.25, 0.3) is 22.0 Å². The minimum atomic E-state index is -0.357. The predicted molar refractivity (Wildman–Crippen MR) is 131 cm³/mol. The Morgan fingerprint density at radius 2 is 1.70 bits per heavy atom. The van der Waals surface area contributed by atoms with Crippen LogP contribution in [0.5, 0.6) is 5.75 Å². The van der Waals surface area contributed by atoms with Gasteiger partial charge < -0.3 is 14.2 Å². The SMILES string of the molecule is CCN(CC)C(=O)Oc1ccc2c(ccn2Cc2cccc(F)c2)c1-c1cc(C)cc(C)c1. The van der Waals surface area contributed by atoms with E-state index >= 15 is 0 Å². The predicted octanol–water partition coefficient (Wildman–Crippen LogP) is 6.95. The molecule has 0 N–H and O–H groups in total. The molecule has 0 spiro atoms. The number of carbonyl (C=O) groups excluding carboxylic acids is 1. The summed E-state index contributed by atoms with van der Waals surface area (Å²) >= 11 is 0. The first kappa shape index (κ1) is 22.6. The number of aryl methyl sites for hydroxylation is 2. The highest BCUT2D eigenvalue weighted by molar-refractivity contribution is 6.00. The van der Waals surface area contributed by atoms with Crippen molar-refractivity contribution < 1.29 is 13.9 Å². The molecule has 0 radical (unpaired) electrons. The first-order valence-corrected chi connectivity index (χ1v) is 11.3. The molecule has 0 atom stereocenters. The lowest BCUT2D eigenvalue weighted by Crippen LogP contribution is -2.33. The fourth-order valence-corrected chi connectivity index (χ4v) is 4.36. The van der Waals surface area contributed by atoms with Crippen LogP contribution in [0.15, 0.2) is 66.9 Å². The number of nitrogens with zero attached hydrogens (tertiary/aromatic N) is 2. The van der Waals surface area contributed by atoms with E-state index in [0.29, 0.717) is 25.4 Å². The van der Waals surface area contributed by atoms with E-state index in [2.05, 4.69) is 36.6 Å². The van der Waals surface area contributed by atoms with Crippen LogP contribution in [0.3, 0.4) is 0 Å². The first-order valence-electron chi connectivity index (χ1n) is 11.3. The highest BCUT2D eigenvalue weighted by Crippen LogP contribution is 2.39. The number of aromatic nitrogens is 1. The monoisotopic (exact) mass is 444 g/mol. The van der Waals surface area contributed by atoms with Crippen molar-refractivity contribution in [2.45, 2.75) is 34.2 Å². The summed E-state index contributed by atoms with van der Waals surface area (Å²) in [7, 11) is 0. The Hall–Kier alpha value is -3.60. The summed E-state index contributed by atoms with van der Waals surface area (Å²) in [6, 6.07) is 18.9. The summed E-state index contributed by atoms with van der Waals surface area (Å²) in [6.45, 7) is 9.71. The van der Waals surface area contributed by atoms with Gasteiger partial charge in [0, 0.05) is 42.3 Å². The number of fused-ring (bicyclic) bond motifs is 1. The Bertz CT molecular complexity index is 1280. The van der Waals surface area contributed by atoms with Gasteiger partial charge in [0.25, 0.3) is 0 Å². The van der Waals surface area contributed by atoms with Gasteiger partial charge in [-0.05, 0) is 69.2 Å².